The van der Waals surface area contributed by atoms with Gasteiger partial charge in [0.1, 0.15) is 5.75 Å². The van der Waals surface area contributed by atoms with Gasteiger partial charge in [0, 0.05) is 29.5 Å². The normalized spacial score (nSPS) is 10.4. The van der Waals surface area contributed by atoms with E-state index in [4.69, 9.17) is 4.74 Å². The highest BCUT2D eigenvalue weighted by Crippen LogP contribution is 2.18. The van der Waals surface area contributed by atoms with Crippen LogP contribution in [0.1, 0.15) is 69.2 Å². The first-order valence-electron chi connectivity index (χ1n) is 11.8. The number of anilines is 2. The van der Waals surface area contributed by atoms with Crippen molar-refractivity contribution in [2.45, 2.75) is 58.8 Å². The summed E-state index contributed by atoms with van der Waals surface area (Å²) in [7, 11) is 0. The lowest BCUT2D eigenvalue weighted by molar-refractivity contribution is -0.114. The maximum atomic E-state index is 12.3. The summed E-state index contributed by atoms with van der Waals surface area (Å²) >= 11 is 0. The van der Waals surface area contributed by atoms with Crippen LogP contribution in [0.5, 0.6) is 5.75 Å². The molecule has 0 saturated carbocycles. The van der Waals surface area contributed by atoms with Crippen molar-refractivity contribution >= 4 is 23.2 Å². The molecular weight excluding hydrogens is 402 g/mol. The maximum Gasteiger partial charge on any atom is 0.251 e. The Hall–Kier alpha value is -3.02. The van der Waals surface area contributed by atoms with Crippen molar-refractivity contribution in [3.63, 3.8) is 0 Å². The fraction of sp³-hybridized carbons (Fsp3) is 0.462. The van der Waals surface area contributed by atoms with E-state index in [-0.39, 0.29) is 18.4 Å². The molecule has 0 atom stereocenters. The average molecular weight is 440 g/mol. The predicted molar refractivity (Wildman–Crippen MR) is 131 cm³/mol. The van der Waals surface area contributed by atoms with Crippen molar-refractivity contribution < 1.29 is 14.3 Å². The molecule has 0 unspecified atom stereocenters. The summed E-state index contributed by atoms with van der Waals surface area (Å²) < 4.78 is 5.80. The van der Waals surface area contributed by atoms with Crippen LogP contribution in [0.4, 0.5) is 11.4 Å². The molecule has 0 saturated heterocycles. The van der Waals surface area contributed by atoms with Crippen molar-refractivity contribution in [2.24, 2.45) is 0 Å². The van der Waals surface area contributed by atoms with E-state index >= 15 is 0 Å². The molecule has 0 aliphatic carbocycles. The highest BCUT2D eigenvalue weighted by atomic mass is 16.5. The van der Waals surface area contributed by atoms with Gasteiger partial charge in [-0.1, -0.05) is 52.0 Å². The summed E-state index contributed by atoms with van der Waals surface area (Å²) in [6, 6.07) is 14.6. The van der Waals surface area contributed by atoms with Gasteiger partial charge in [0.2, 0.25) is 5.91 Å². The quantitative estimate of drug-likeness (QED) is 0.315. The SMILES string of the molecule is CCCCCCCOc1cccc(NC(=O)CNc2ccc(C(=O)NCCCC)cc2)c1. The Balaban J connectivity index is 1.73. The molecule has 3 N–H and O–H groups in total. The standard InChI is InChI=1S/C26H37N3O3/c1-3-5-7-8-9-18-32-24-12-10-11-23(19-24)29-25(30)20-28-22-15-13-21(14-16-22)26(31)27-17-6-4-2/h10-16,19,28H,3-9,17-18,20H2,1-2H3,(H,27,31)(H,29,30). The first-order chi connectivity index (χ1) is 15.6. The third-order valence-electron chi connectivity index (χ3n) is 5.05. The van der Waals surface area contributed by atoms with Gasteiger partial charge in [-0.05, 0) is 49.2 Å². The topological polar surface area (TPSA) is 79.5 Å². The first-order valence-corrected chi connectivity index (χ1v) is 11.8. The van der Waals surface area contributed by atoms with Gasteiger partial charge in [0.05, 0.1) is 13.2 Å². The van der Waals surface area contributed by atoms with Crippen LogP contribution in [0.2, 0.25) is 0 Å². The number of hydrogen-bond donors (Lipinski definition) is 3. The minimum Gasteiger partial charge on any atom is -0.494 e. The average Bonchev–Trinajstić information content (AvgIpc) is 2.80. The van der Waals surface area contributed by atoms with Crippen LogP contribution in [0, 0.1) is 0 Å². The molecule has 6 nitrogen and oxygen atoms in total. The van der Waals surface area contributed by atoms with Gasteiger partial charge in [-0.3, -0.25) is 9.59 Å². The fourth-order valence-corrected chi connectivity index (χ4v) is 3.17. The number of unbranched alkanes of at least 4 members (excludes halogenated alkanes) is 5. The Labute approximate surface area is 192 Å². The summed E-state index contributed by atoms with van der Waals surface area (Å²) in [6.07, 6.45) is 7.99. The van der Waals surface area contributed by atoms with E-state index < -0.39 is 0 Å². The summed E-state index contributed by atoms with van der Waals surface area (Å²) in [5.41, 5.74) is 2.10. The summed E-state index contributed by atoms with van der Waals surface area (Å²) in [4.78, 5) is 24.3. The molecule has 0 heterocycles. The smallest absolute Gasteiger partial charge is 0.251 e. The van der Waals surface area contributed by atoms with E-state index in [1.807, 2.05) is 24.3 Å². The van der Waals surface area contributed by atoms with Crippen LogP contribution in [0.3, 0.4) is 0 Å². The number of carbonyl (C=O) groups is 2. The number of carbonyl (C=O) groups excluding carboxylic acids is 2. The Morgan fingerprint density at radius 1 is 0.844 bits per heavy atom. The Morgan fingerprint density at radius 2 is 1.59 bits per heavy atom. The Kier molecular flexibility index (Phi) is 11.7. The highest BCUT2D eigenvalue weighted by molar-refractivity contribution is 5.95. The summed E-state index contributed by atoms with van der Waals surface area (Å²) in [5.74, 6) is 0.535. The van der Waals surface area contributed by atoms with E-state index in [2.05, 4.69) is 29.8 Å². The molecule has 2 rings (SSSR count). The van der Waals surface area contributed by atoms with E-state index in [9.17, 15) is 9.59 Å². The minimum absolute atomic E-state index is 0.0780. The van der Waals surface area contributed by atoms with Gasteiger partial charge in [-0.25, -0.2) is 0 Å². The van der Waals surface area contributed by atoms with Gasteiger partial charge < -0.3 is 20.7 Å². The molecule has 2 aromatic rings. The van der Waals surface area contributed by atoms with E-state index in [0.29, 0.717) is 24.4 Å². The lowest BCUT2D eigenvalue weighted by Gasteiger charge is -2.11. The Morgan fingerprint density at radius 3 is 2.34 bits per heavy atom. The largest absolute Gasteiger partial charge is 0.494 e. The van der Waals surface area contributed by atoms with Crippen LogP contribution in [0.15, 0.2) is 48.5 Å². The molecule has 0 radical (unpaired) electrons. The first kappa shape index (κ1) is 25.2. The van der Waals surface area contributed by atoms with Crippen LogP contribution in [-0.2, 0) is 4.79 Å². The van der Waals surface area contributed by atoms with Crippen molar-refractivity contribution in [3.05, 3.63) is 54.1 Å². The zero-order chi connectivity index (χ0) is 23.0. The monoisotopic (exact) mass is 439 g/mol. The number of nitrogens with one attached hydrogen (secondary N) is 3. The molecule has 0 spiro atoms. The molecule has 0 aliphatic heterocycles. The van der Waals surface area contributed by atoms with E-state index in [1.165, 1.54) is 25.7 Å². The fourth-order valence-electron chi connectivity index (χ4n) is 3.17. The van der Waals surface area contributed by atoms with Crippen molar-refractivity contribution in [1.82, 2.24) is 5.32 Å². The molecule has 0 aliphatic rings. The second-order valence-electron chi connectivity index (χ2n) is 7.88. The molecule has 2 amide bonds. The molecule has 0 bridgehead atoms. The number of benzene rings is 2. The number of amides is 2. The molecular formula is C26H37N3O3. The van der Waals surface area contributed by atoms with E-state index in [0.717, 1.165) is 30.7 Å². The Bertz CT molecular complexity index is 821. The van der Waals surface area contributed by atoms with Gasteiger partial charge in [-0.15, -0.1) is 0 Å². The highest BCUT2D eigenvalue weighted by Gasteiger charge is 2.06. The zero-order valence-electron chi connectivity index (χ0n) is 19.4. The molecule has 2 aromatic carbocycles. The van der Waals surface area contributed by atoms with Crippen LogP contribution in [0.25, 0.3) is 0 Å². The van der Waals surface area contributed by atoms with Gasteiger partial charge in [-0.2, -0.15) is 0 Å². The third-order valence-corrected chi connectivity index (χ3v) is 5.05. The predicted octanol–water partition coefficient (Wildman–Crippen LogP) is 5.62. The van der Waals surface area contributed by atoms with Crippen LogP contribution < -0.4 is 20.7 Å². The van der Waals surface area contributed by atoms with Crippen LogP contribution >= 0.6 is 0 Å². The van der Waals surface area contributed by atoms with Gasteiger partial charge in [0.25, 0.3) is 5.91 Å². The summed E-state index contributed by atoms with van der Waals surface area (Å²) in [6.45, 7) is 5.79. The molecule has 174 valence electrons. The maximum absolute atomic E-state index is 12.3. The number of hydrogen-bond acceptors (Lipinski definition) is 4. The molecule has 32 heavy (non-hydrogen) atoms. The number of rotatable bonds is 15. The molecule has 0 fully saturated rings. The molecule has 6 heteroatoms. The second kappa shape index (κ2) is 14.9. The van der Waals surface area contributed by atoms with Gasteiger partial charge >= 0.3 is 0 Å². The lowest BCUT2D eigenvalue weighted by Crippen LogP contribution is -2.24. The number of ether oxygens (including phenoxy) is 1. The zero-order valence-corrected chi connectivity index (χ0v) is 19.4. The summed E-state index contributed by atoms with van der Waals surface area (Å²) in [5, 5.41) is 8.86. The molecule has 0 aromatic heterocycles. The van der Waals surface area contributed by atoms with Crippen molar-refractivity contribution in [3.8, 4) is 5.75 Å². The van der Waals surface area contributed by atoms with E-state index in [1.54, 1.807) is 24.3 Å². The van der Waals surface area contributed by atoms with Crippen LogP contribution in [-0.4, -0.2) is 31.5 Å². The lowest BCUT2D eigenvalue weighted by atomic mass is 10.2. The minimum atomic E-state index is -0.150. The van der Waals surface area contributed by atoms with Crippen molar-refractivity contribution in [1.29, 1.82) is 0 Å². The third kappa shape index (κ3) is 9.86. The second-order valence-corrected chi connectivity index (χ2v) is 7.88. The van der Waals surface area contributed by atoms with Crippen molar-refractivity contribution in [2.75, 3.05) is 30.3 Å². The van der Waals surface area contributed by atoms with Gasteiger partial charge in [0.15, 0.2) is 0 Å².